The van der Waals surface area contributed by atoms with Gasteiger partial charge in [0.1, 0.15) is 0 Å². The monoisotopic (exact) mass is 412 g/mol. The molecule has 3 N–H and O–H groups in total. The highest BCUT2D eigenvalue weighted by atomic mass is 16.2. The minimum absolute atomic E-state index is 0.00470. The summed E-state index contributed by atoms with van der Waals surface area (Å²) in [5.41, 5.74) is 0. The van der Waals surface area contributed by atoms with Gasteiger partial charge in [0.2, 0.25) is 17.7 Å². The molecule has 0 radical (unpaired) electrons. The zero-order valence-corrected chi connectivity index (χ0v) is 19.0. The third kappa shape index (κ3) is 18.2. The smallest absolute Gasteiger partial charge is 0.220 e. The molecule has 0 aliphatic rings. The van der Waals surface area contributed by atoms with E-state index in [1.807, 2.05) is 11.8 Å². The van der Waals surface area contributed by atoms with Crippen LogP contribution in [0.3, 0.4) is 0 Å². The fourth-order valence-electron chi connectivity index (χ4n) is 2.90. The number of nitrogens with one attached hydrogen (secondary N) is 3. The fourth-order valence-corrected chi connectivity index (χ4v) is 2.90. The summed E-state index contributed by atoms with van der Waals surface area (Å²) >= 11 is 0. The van der Waals surface area contributed by atoms with Crippen molar-refractivity contribution in [2.45, 2.75) is 91.4 Å². The molecule has 0 unspecified atom stereocenters. The first kappa shape index (κ1) is 27.4. The topological polar surface area (TPSA) is 90.5 Å². The van der Waals surface area contributed by atoms with Gasteiger partial charge >= 0.3 is 0 Å². The number of carbonyl (C=O) groups excluding carboxylic acids is 3. The molecule has 3 amide bonds. The predicted octanol–water partition coefficient (Wildman–Crippen LogP) is 2.95. The van der Waals surface area contributed by atoms with Crippen LogP contribution in [0.1, 0.15) is 91.4 Å². The van der Waals surface area contributed by atoms with Crippen LogP contribution in [0.4, 0.5) is 0 Å². The second kappa shape index (κ2) is 19.7. The Bertz CT molecular complexity index is 414. The van der Waals surface area contributed by atoms with Crippen molar-refractivity contribution in [1.29, 1.82) is 0 Å². The highest BCUT2D eigenvalue weighted by Gasteiger charge is 2.09. The van der Waals surface area contributed by atoms with E-state index in [9.17, 15) is 14.4 Å². The highest BCUT2D eigenvalue weighted by Crippen LogP contribution is 2.02. The van der Waals surface area contributed by atoms with E-state index in [0.29, 0.717) is 52.1 Å². The first-order chi connectivity index (χ1) is 14.0. The minimum Gasteiger partial charge on any atom is -0.355 e. The summed E-state index contributed by atoms with van der Waals surface area (Å²) in [5, 5.41) is 8.77. The maximum Gasteiger partial charge on any atom is 0.220 e. The molecule has 0 aliphatic heterocycles. The maximum atomic E-state index is 11.9. The Balaban J connectivity index is 4.12. The Morgan fingerprint density at radius 3 is 1.52 bits per heavy atom. The van der Waals surface area contributed by atoms with Crippen LogP contribution in [0.5, 0.6) is 0 Å². The lowest BCUT2D eigenvalue weighted by molar-refractivity contribution is -0.122. The van der Waals surface area contributed by atoms with Crippen LogP contribution >= 0.6 is 0 Å². The van der Waals surface area contributed by atoms with Gasteiger partial charge in [0.25, 0.3) is 0 Å². The van der Waals surface area contributed by atoms with Crippen LogP contribution in [0, 0.1) is 0 Å². The third-order valence-corrected chi connectivity index (χ3v) is 4.84. The number of amides is 3. The van der Waals surface area contributed by atoms with E-state index >= 15 is 0 Å². The standard InChI is InChI=1S/C22H44N4O3/c1-4-7-9-11-13-21(28)23-15-17-26(19-25-20(27)6-3)18-16-24-22(29)14-12-10-8-5-2/h4-19H2,1-3H3,(H,23,28)(H,24,29)(H,25,27). The molecule has 0 saturated heterocycles. The van der Waals surface area contributed by atoms with E-state index in [4.69, 9.17) is 0 Å². The summed E-state index contributed by atoms with van der Waals surface area (Å²) in [6.07, 6.45) is 10.3. The van der Waals surface area contributed by atoms with Crippen LogP contribution in [-0.2, 0) is 14.4 Å². The van der Waals surface area contributed by atoms with Crippen molar-refractivity contribution in [3.8, 4) is 0 Å². The molecule has 0 heterocycles. The van der Waals surface area contributed by atoms with Gasteiger partial charge in [0, 0.05) is 45.4 Å². The summed E-state index contributed by atoms with van der Waals surface area (Å²) in [5.74, 6) is 0.160. The second-order valence-electron chi connectivity index (χ2n) is 7.55. The van der Waals surface area contributed by atoms with Crippen molar-refractivity contribution < 1.29 is 14.4 Å². The summed E-state index contributed by atoms with van der Waals surface area (Å²) in [7, 11) is 0. The number of hydrogen-bond acceptors (Lipinski definition) is 4. The molecular formula is C22H44N4O3. The predicted molar refractivity (Wildman–Crippen MR) is 118 cm³/mol. The third-order valence-electron chi connectivity index (χ3n) is 4.84. The molecule has 170 valence electrons. The molecule has 29 heavy (non-hydrogen) atoms. The molecule has 7 heteroatoms. The molecule has 0 aromatic carbocycles. The van der Waals surface area contributed by atoms with E-state index in [1.54, 1.807) is 0 Å². The van der Waals surface area contributed by atoms with Gasteiger partial charge in [-0.1, -0.05) is 59.3 Å². The van der Waals surface area contributed by atoms with E-state index in [-0.39, 0.29) is 17.7 Å². The number of rotatable bonds is 19. The van der Waals surface area contributed by atoms with Crippen LogP contribution in [-0.4, -0.2) is 55.5 Å². The van der Waals surface area contributed by atoms with Crippen LogP contribution in [0.25, 0.3) is 0 Å². The fraction of sp³-hybridized carbons (Fsp3) is 0.864. The minimum atomic E-state index is -0.00470. The molecule has 0 aliphatic carbocycles. The van der Waals surface area contributed by atoms with Gasteiger partial charge in [-0.2, -0.15) is 0 Å². The molecule has 0 aromatic rings. The van der Waals surface area contributed by atoms with Gasteiger partial charge in [-0.3, -0.25) is 19.3 Å². The van der Waals surface area contributed by atoms with Crippen LogP contribution in [0.15, 0.2) is 0 Å². The molecule has 0 rings (SSSR count). The highest BCUT2D eigenvalue weighted by molar-refractivity contribution is 5.76. The van der Waals surface area contributed by atoms with E-state index in [2.05, 4.69) is 29.8 Å². The van der Waals surface area contributed by atoms with Crippen molar-refractivity contribution in [2.24, 2.45) is 0 Å². The number of nitrogens with zero attached hydrogens (tertiary/aromatic N) is 1. The molecule has 0 saturated carbocycles. The lowest BCUT2D eigenvalue weighted by atomic mass is 10.1. The molecule has 0 spiro atoms. The second-order valence-corrected chi connectivity index (χ2v) is 7.55. The SMILES string of the molecule is CCCCCCC(=O)NCCN(CCNC(=O)CCCCCC)CNC(=O)CC. The lowest BCUT2D eigenvalue weighted by Gasteiger charge is -2.23. The number of hydrogen-bond donors (Lipinski definition) is 3. The van der Waals surface area contributed by atoms with Crippen molar-refractivity contribution in [1.82, 2.24) is 20.9 Å². The van der Waals surface area contributed by atoms with Crippen LogP contribution < -0.4 is 16.0 Å². The average molecular weight is 413 g/mol. The van der Waals surface area contributed by atoms with Gasteiger partial charge in [-0.15, -0.1) is 0 Å². The molecule has 0 atom stereocenters. The largest absolute Gasteiger partial charge is 0.355 e. The molecular weight excluding hydrogens is 368 g/mol. The Hall–Kier alpha value is -1.63. The number of unbranched alkanes of at least 4 members (excludes halogenated alkanes) is 6. The average Bonchev–Trinajstić information content (AvgIpc) is 2.71. The summed E-state index contributed by atoms with van der Waals surface area (Å²) in [6, 6.07) is 0. The van der Waals surface area contributed by atoms with Gasteiger partial charge in [0.15, 0.2) is 0 Å². The van der Waals surface area contributed by atoms with Gasteiger partial charge < -0.3 is 16.0 Å². The van der Waals surface area contributed by atoms with Crippen molar-refractivity contribution in [2.75, 3.05) is 32.8 Å². The summed E-state index contributed by atoms with van der Waals surface area (Å²) < 4.78 is 0. The van der Waals surface area contributed by atoms with Gasteiger partial charge in [0.05, 0.1) is 6.67 Å². The number of carbonyl (C=O) groups is 3. The molecule has 0 bridgehead atoms. The van der Waals surface area contributed by atoms with Crippen molar-refractivity contribution in [3.63, 3.8) is 0 Å². The summed E-state index contributed by atoms with van der Waals surface area (Å²) in [6.45, 7) is 8.90. The maximum absolute atomic E-state index is 11.9. The Morgan fingerprint density at radius 1 is 0.621 bits per heavy atom. The lowest BCUT2D eigenvalue weighted by Crippen LogP contribution is -2.44. The van der Waals surface area contributed by atoms with Crippen molar-refractivity contribution in [3.05, 3.63) is 0 Å². The van der Waals surface area contributed by atoms with Crippen molar-refractivity contribution >= 4 is 17.7 Å². The first-order valence-corrected chi connectivity index (χ1v) is 11.6. The zero-order chi connectivity index (χ0) is 21.7. The molecule has 7 nitrogen and oxygen atoms in total. The first-order valence-electron chi connectivity index (χ1n) is 11.6. The Labute approximate surface area is 177 Å². The Kier molecular flexibility index (Phi) is 18.6. The molecule has 0 aromatic heterocycles. The zero-order valence-electron chi connectivity index (χ0n) is 19.0. The van der Waals surface area contributed by atoms with Gasteiger partial charge in [-0.05, 0) is 12.8 Å². The summed E-state index contributed by atoms with van der Waals surface area (Å²) in [4.78, 5) is 37.4. The van der Waals surface area contributed by atoms with E-state index in [0.717, 1.165) is 38.5 Å². The quantitative estimate of drug-likeness (QED) is 0.225. The van der Waals surface area contributed by atoms with Crippen LogP contribution in [0.2, 0.25) is 0 Å². The van der Waals surface area contributed by atoms with Gasteiger partial charge in [-0.25, -0.2) is 0 Å². The normalized spacial score (nSPS) is 10.8. The Morgan fingerprint density at radius 2 is 1.10 bits per heavy atom. The molecule has 0 fully saturated rings. The van der Waals surface area contributed by atoms with E-state index < -0.39 is 0 Å². The van der Waals surface area contributed by atoms with E-state index in [1.165, 1.54) is 12.8 Å².